The van der Waals surface area contributed by atoms with E-state index in [-0.39, 0.29) is 112 Å². The summed E-state index contributed by atoms with van der Waals surface area (Å²) >= 11 is 0. The second-order valence-electron chi connectivity index (χ2n) is 25.9. The first-order valence-corrected chi connectivity index (χ1v) is 36.1. The molecule has 0 saturated heterocycles. The first-order valence-electron chi connectivity index (χ1n) is 36.1. The molecule has 5 aliphatic heterocycles. The molecular weight excluding hydrogens is 1410 g/mol. The molecule has 9 amide bonds. The van der Waals surface area contributed by atoms with Crippen LogP contribution < -0.4 is 45.1 Å². The lowest BCUT2D eigenvalue weighted by Gasteiger charge is -2.31. The Morgan fingerprint density at radius 2 is 1.07 bits per heavy atom. The Bertz CT molecular complexity index is 3640. The van der Waals surface area contributed by atoms with Gasteiger partial charge < -0.3 is 102 Å². The summed E-state index contributed by atoms with van der Waals surface area (Å²) < 4.78 is 79.0. The number of carbonyl (C=O) groups is 9. The third-order valence-corrected chi connectivity index (χ3v) is 17.3. The summed E-state index contributed by atoms with van der Waals surface area (Å²) in [5.41, 5.74) is 3.72. The van der Waals surface area contributed by atoms with Gasteiger partial charge in [-0.3, -0.25) is 48.2 Å². The SMILES string of the molecule is COc1cc2c(cc1OCCCOc1cc3c(cc1OC)C(=O)N1C=C(C)C[C@H]1[C@H](O)N3C(=O)OCc1ccc(NC(=O)[C@H](C)NC(=O)[C@@H](NC(=O)CCOCCOCCOCCOCCOCCOCCOCCOCCOCCNC(=O)CCN3C(=O)C=CC3=O)C(C)C)cc1)N=C[C@@H]1CC(C)=CN1C2=O. The second kappa shape index (κ2) is 44.2. The van der Waals surface area contributed by atoms with Crippen molar-refractivity contribution in [1.29, 1.82) is 0 Å². The van der Waals surface area contributed by atoms with Gasteiger partial charge in [0.05, 0.1) is 181 Å². The Kier molecular flexibility index (Phi) is 34.4. The maximum absolute atomic E-state index is 14.3. The Labute approximate surface area is 627 Å². The number of methoxy groups -OCH3 is 2. The molecule has 0 bridgehead atoms. The van der Waals surface area contributed by atoms with E-state index in [1.807, 2.05) is 20.0 Å². The first kappa shape index (κ1) is 84.2. The summed E-state index contributed by atoms with van der Waals surface area (Å²) in [4.78, 5) is 126. The summed E-state index contributed by atoms with van der Waals surface area (Å²) in [5, 5.41) is 22.8. The lowest BCUT2D eigenvalue weighted by Crippen LogP contribution is -2.53. The van der Waals surface area contributed by atoms with Gasteiger partial charge in [0, 0.05) is 80.9 Å². The maximum atomic E-state index is 14.3. The molecule has 0 radical (unpaired) electrons. The molecule has 0 saturated carbocycles. The minimum absolute atomic E-state index is 0.0164. The Morgan fingerprint density at radius 3 is 1.63 bits per heavy atom. The number of nitrogens with one attached hydrogen (secondary N) is 4. The van der Waals surface area contributed by atoms with Crippen LogP contribution in [0.25, 0.3) is 0 Å². The third-order valence-electron chi connectivity index (χ3n) is 17.3. The fourth-order valence-electron chi connectivity index (χ4n) is 11.6. The number of rotatable bonds is 49. The number of fused-ring (bicyclic) bond motifs is 4. The van der Waals surface area contributed by atoms with Crippen molar-refractivity contribution in [3.05, 3.63) is 101 Å². The van der Waals surface area contributed by atoms with Gasteiger partial charge in [-0.25, -0.2) is 9.69 Å². The summed E-state index contributed by atoms with van der Waals surface area (Å²) in [6.07, 6.45) is 6.44. The fraction of sp³-hybridized carbons (Fsp3) is 0.547. The molecule has 0 aliphatic carbocycles. The molecule has 3 aromatic rings. The number of aliphatic imine (C=N–C) groups is 1. The molecule has 5 heterocycles. The molecule has 590 valence electrons. The van der Waals surface area contributed by atoms with Crippen LogP contribution in [0.2, 0.25) is 0 Å². The smallest absolute Gasteiger partial charge is 0.416 e. The van der Waals surface area contributed by atoms with Crippen LogP contribution in [-0.2, 0) is 82.7 Å². The van der Waals surface area contributed by atoms with Crippen LogP contribution in [0.3, 0.4) is 0 Å². The number of anilines is 2. The summed E-state index contributed by atoms with van der Waals surface area (Å²) in [5.74, 6) is -2.48. The van der Waals surface area contributed by atoms with E-state index in [1.165, 1.54) is 50.3 Å². The topological polar surface area (TPSA) is 377 Å². The number of carbonyl (C=O) groups excluding carboxylic acids is 9. The Balaban J connectivity index is 0.637. The molecule has 5 atom stereocenters. The van der Waals surface area contributed by atoms with Crippen LogP contribution in [-0.4, -0.2) is 269 Å². The fourth-order valence-corrected chi connectivity index (χ4v) is 11.6. The van der Waals surface area contributed by atoms with Crippen molar-refractivity contribution >= 4 is 76.6 Å². The summed E-state index contributed by atoms with van der Waals surface area (Å²) in [6.45, 7) is 15.5. The van der Waals surface area contributed by atoms with E-state index in [1.54, 1.807) is 67.6 Å². The molecular formula is C75H101N9O24. The maximum Gasteiger partial charge on any atom is 0.416 e. The first-order chi connectivity index (χ1) is 52.2. The predicted molar refractivity (Wildman–Crippen MR) is 390 cm³/mol. The largest absolute Gasteiger partial charge is 0.493 e. The molecule has 5 aliphatic rings. The van der Waals surface area contributed by atoms with Gasteiger partial charge in [0.15, 0.2) is 29.2 Å². The van der Waals surface area contributed by atoms with Gasteiger partial charge in [-0.1, -0.05) is 37.1 Å². The average molecular weight is 1510 g/mol. The third kappa shape index (κ3) is 25.6. The normalized spacial score (nSPS) is 17.0. The van der Waals surface area contributed by atoms with Crippen LogP contribution in [0, 0.1) is 5.92 Å². The van der Waals surface area contributed by atoms with Gasteiger partial charge in [-0.2, -0.15) is 0 Å². The molecule has 0 aromatic heterocycles. The molecule has 0 spiro atoms. The van der Waals surface area contributed by atoms with E-state index in [4.69, 9.17) is 66.3 Å². The van der Waals surface area contributed by atoms with E-state index in [0.717, 1.165) is 20.9 Å². The number of amides is 9. The number of aliphatic hydroxyl groups excluding tert-OH is 1. The number of ether oxygens (including phenoxy) is 14. The van der Waals surface area contributed by atoms with Crippen molar-refractivity contribution in [2.75, 3.05) is 170 Å². The van der Waals surface area contributed by atoms with Crippen LogP contribution >= 0.6 is 0 Å². The number of aliphatic hydroxyl groups is 1. The van der Waals surface area contributed by atoms with Gasteiger partial charge >= 0.3 is 6.09 Å². The monoisotopic (exact) mass is 1510 g/mol. The van der Waals surface area contributed by atoms with Crippen molar-refractivity contribution < 1.29 is 115 Å². The van der Waals surface area contributed by atoms with Crippen molar-refractivity contribution in [1.82, 2.24) is 30.7 Å². The van der Waals surface area contributed by atoms with Crippen molar-refractivity contribution in [2.24, 2.45) is 10.9 Å². The molecule has 0 unspecified atom stereocenters. The van der Waals surface area contributed by atoms with E-state index in [9.17, 15) is 48.3 Å². The summed E-state index contributed by atoms with van der Waals surface area (Å²) in [7, 11) is 2.91. The van der Waals surface area contributed by atoms with Crippen molar-refractivity contribution in [3.8, 4) is 23.0 Å². The van der Waals surface area contributed by atoms with Gasteiger partial charge in [0.2, 0.25) is 23.6 Å². The van der Waals surface area contributed by atoms with E-state index < -0.39 is 65.9 Å². The van der Waals surface area contributed by atoms with E-state index in [2.05, 4.69) is 26.3 Å². The summed E-state index contributed by atoms with van der Waals surface area (Å²) in [6, 6.07) is 9.69. The number of hydrogen-bond acceptors (Lipinski definition) is 25. The molecule has 5 N–H and O–H groups in total. The molecule has 3 aromatic carbocycles. The van der Waals surface area contributed by atoms with E-state index in [0.29, 0.717) is 152 Å². The van der Waals surface area contributed by atoms with Crippen molar-refractivity contribution in [2.45, 2.75) is 104 Å². The standard InChI is InChI=1S/C75H101N9O24/c1-49(2)69(80-66(86)16-21-97-23-25-99-27-29-101-31-33-103-35-37-105-38-36-104-34-32-102-30-28-100-26-24-98-22-17-76-65(85)15-18-81-67(87)13-14-68(81)88)71(90)78-52(5)70(89)79-54-11-9-53(10-12-54)48-108-75(94)84-59-44-64(62(96-7)42-57(59)73(92)83-47-51(4)40-60(83)74(84)93)107-20-8-19-106-63-43-58-56(41-61(63)95-6)72(91)82-46-50(3)39-55(82)45-77-58/h9-14,41-47,49,52,55,60,69,74,93H,8,15-40,48H2,1-7H3,(H,76,85)(H,78,90)(H,79,89)(H,80,86)/t52-,55-,60-,69-,74-/m0/s1. The zero-order valence-corrected chi connectivity index (χ0v) is 62.3. The molecule has 33 nitrogen and oxygen atoms in total. The molecule has 8 rings (SSSR count). The minimum Gasteiger partial charge on any atom is -0.493 e. The van der Waals surface area contributed by atoms with Crippen LogP contribution in [0.5, 0.6) is 23.0 Å². The number of imide groups is 1. The zero-order valence-electron chi connectivity index (χ0n) is 62.3. The predicted octanol–water partition coefficient (Wildman–Crippen LogP) is 4.53. The highest BCUT2D eigenvalue weighted by Gasteiger charge is 2.45. The zero-order chi connectivity index (χ0) is 77.3. The molecule has 108 heavy (non-hydrogen) atoms. The number of nitrogens with zero attached hydrogens (tertiary/aromatic N) is 5. The highest BCUT2D eigenvalue weighted by molar-refractivity contribution is 6.13. The van der Waals surface area contributed by atoms with Crippen molar-refractivity contribution in [3.63, 3.8) is 0 Å². The second-order valence-corrected chi connectivity index (χ2v) is 25.9. The van der Waals surface area contributed by atoms with Crippen LogP contribution in [0.15, 0.2) is 89.2 Å². The Morgan fingerprint density at radius 1 is 0.565 bits per heavy atom. The highest BCUT2D eigenvalue weighted by Crippen LogP contribution is 2.43. The van der Waals surface area contributed by atoms with Gasteiger partial charge in [0.25, 0.3) is 23.6 Å². The quantitative estimate of drug-likeness (QED) is 0.0383. The van der Waals surface area contributed by atoms with E-state index >= 15 is 0 Å². The number of benzene rings is 3. The lowest BCUT2D eigenvalue weighted by molar-refractivity contribution is -0.137. The Hall–Kier alpha value is -9.42. The van der Waals surface area contributed by atoms with Gasteiger partial charge in [0.1, 0.15) is 18.7 Å². The van der Waals surface area contributed by atoms with Crippen LogP contribution in [0.4, 0.5) is 21.9 Å². The highest BCUT2D eigenvalue weighted by atomic mass is 16.6. The van der Waals surface area contributed by atoms with Gasteiger partial charge in [-0.05, 0) is 69.4 Å². The van der Waals surface area contributed by atoms with Crippen LogP contribution in [0.1, 0.15) is 93.0 Å². The van der Waals surface area contributed by atoms with Gasteiger partial charge in [-0.15, -0.1) is 0 Å². The lowest BCUT2D eigenvalue weighted by atomic mass is 10.0. The average Bonchev–Trinajstić information content (AvgIpc) is 1.61. The molecule has 0 fully saturated rings. The molecule has 33 heteroatoms. The number of hydrogen-bond donors (Lipinski definition) is 5. The minimum atomic E-state index is -1.55.